The highest BCUT2D eigenvalue weighted by Crippen LogP contribution is 2.26. The third-order valence-electron chi connectivity index (χ3n) is 6.39. The molecular weight excluding hydrogens is 541 g/mol. The van der Waals surface area contributed by atoms with Gasteiger partial charge in [-0.3, -0.25) is 9.69 Å². The van der Waals surface area contributed by atoms with E-state index in [1.807, 2.05) is 72.1 Å². The molecule has 1 aliphatic heterocycles. The molecular formula is C29H33F3N4O5. The molecule has 1 atom stereocenters. The van der Waals surface area contributed by atoms with Gasteiger partial charge in [-0.05, 0) is 36.3 Å². The third-order valence-corrected chi connectivity index (χ3v) is 6.39. The molecule has 0 radical (unpaired) electrons. The van der Waals surface area contributed by atoms with Crippen molar-refractivity contribution >= 4 is 18.0 Å². The fourth-order valence-corrected chi connectivity index (χ4v) is 4.16. The van der Waals surface area contributed by atoms with Gasteiger partial charge in [0.1, 0.15) is 5.75 Å². The Bertz CT molecular complexity index is 1320. The lowest BCUT2D eigenvalue weighted by molar-refractivity contribution is -0.192. The average molecular weight is 575 g/mol. The first-order chi connectivity index (χ1) is 19.5. The standard InChI is InChI=1S/C27H32N4O3.C2HF3O2/c1-21-18-31(20-28-21)24-11-9-22(17-26(24)33-3)10-12-27(32)29(2)25(23-7-5-4-6-8-23)19-30-13-15-34-16-14-30;3-2(4,5)1(6)7/h4-12,17-18,20,25H,13-16,19H2,1-3H3;(H,6,7). The highest BCUT2D eigenvalue weighted by molar-refractivity contribution is 5.92. The fraction of sp³-hybridized carbons (Fsp3) is 0.345. The molecule has 0 aliphatic carbocycles. The van der Waals surface area contributed by atoms with Gasteiger partial charge in [-0.2, -0.15) is 13.2 Å². The van der Waals surface area contributed by atoms with Crippen LogP contribution in [-0.2, 0) is 14.3 Å². The van der Waals surface area contributed by atoms with E-state index < -0.39 is 12.1 Å². The molecule has 12 heteroatoms. The van der Waals surface area contributed by atoms with Gasteiger partial charge in [0.05, 0.1) is 44.1 Å². The molecule has 220 valence electrons. The molecule has 3 aromatic rings. The van der Waals surface area contributed by atoms with E-state index >= 15 is 0 Å². The zero-order valence-electron chi connectivity index (χ0n) is 23.0. The number of hydrogen-bond donors (Lipinski definition) is 1. The summed E-state index contributed by atoms with van der Waals surface area (Å²) < 4.78 is 44.7. The number of carbonyl (C=O) groups is 2. The van der Waals surface area contributed by atoms with Gasteiger partial charge >= 0.3 is 12.1 Å². The summed E-state index contributed by atoms with van der Waals surface area (Å²) in [6, 6.07) is 16.0. The van der Waals surface area contributed by atoms with Crippen molar-refractivity contribution in [2.75, 3.05) is 47.0 Å². The molecule has 9 nitrogen and oxygen atoms in total. The number of hydrogen-bond acceptors (Lipinski definition) is 6. The summed E-state index contributed by atoms with van der Waals surface area (Å²) in [5.74, 6) is -2.09. The van der Waals surface area contributed by atoms with E-state index in [4.69, 9.17) is 19.4 Å². The monoisotopic (exact) mass is 574 g/mol. The lowest BCUT2D eigenvalue weighted by Crippen LogP contribution is -2.43. The molecule has 0 spiro atoms. The number of benzene rings is 2. The molecule has 1 saturated heterocycles. The van der Waals surface area contributed by atoms with Gasteiger partial charge in [0, 0.05) is 39.0 Å². The van der Waals surface area contributed by atoms with Crippen LogP contribution in [0.1, 0.15) is 22.9 Å². The molecule has 2 heterocycles. The van der Waals surface area contributed by atoms with Crippen LogP contribution in [0, 0.1) is 6.92 Å². The number of methoxy groups -OCH3 is 1. The maximum absolute atomic E-state index is 13.2. The number of amides is 1. The number of carboxylic acid groups (broad SMARTS) is 1. The molecule has 1 unspecified atom stereocenters. The largest absolute Gasteiger partial charge is 0.495 e. The van der Waals surface area contributed by atoms with Gasteiger partial charge in [0.15, 0.2) is 0 Å². The maximum atomic E-state index is 13.2. The van der Waals surface area contributed by atoms with Crippen LogP contribution in [-0.4, -0.2) is 89.5 Å². The van der Waals surface area contributed by atoms with E-state index in [0.29, 0.717) is 0 Å². The Hall–Kier alpha value is -4.16. The van der Waals surface area contributed by atoms with Crippen molar-refractivity contribution in [2.24, 2.45) is 0 Å². The molecule has 2 aromatic carbocycles. The lowest BCUT2D eigenvalue weighted by Gasteiger charge is -2.35. The number of likely N-dealkylation sites (N-methyl/N-ethyl adjacent to an activating group) is 1. The van der Waals surface area contributed by atoms with Crippen LogP contribution in [0.25, 0.3) is 11.8 Å². The van der Waals surface area contributed by atoms with Gasteiger partial charge < -0.3 is 24.0 Å². The van der Waals surface area contributed by atoms with Gasteiger partial charge in [0.25, 0.3) is 0 Å². The number of rotatable bonds is 8. The Morgan fingerprint density at radius 1 is 1.17 bits per heavy atom. The molecule has 1 amide bonds. The zero-order valence-corrected chi connectivity index (χ0v) is 23.0. The summed E-state index contributed by atoms with van der Waals surface area (Å²) in [5, 5.41) is 7.12. The second-order valence-electron chi connectivity index (χ2n) is 9.28. The SMILES string of the molecule is COc1cc(C=CC(=O)N(C)C(CN2CCOCC2)c2ccccc2)ccc1-n1cnc(C)c1.O=C(O)C(F)(F)F. The number of nitrogens with zero attached hydrogens (tertiary/aromatic N) is 4. The van der Waals surface area contributed by atoms with E-state index in [-0.39, 0.29) is 11.9 Å². The second-order valence-corrected chi connectivity index (χ2v) is 9.28. The topological polar surface area (TPSA) is 97.1 Å². The normalized spacial score (nSPS) is 14.7. The smallest absolute Gasteiger partial charge is 0.490 e. The Morgan fingerprint density at radius 2 is 1.83 bits per heavy atom. The van der Waals surface area contributed by atoms with Gasteiger partial charge in [0.2, 0.25) is 5.91 Å². The maximum Gasteiger partial charge on any atom is 0.490 e. The van der Waals surface area contributed by atoms with Crippen LogP contribution in [0.3, 0.4) is 0 Å². The number of carboxylic acids is 1. The molecule has 0 bridgehead atoms. The van der Waals surface area contributed by atoms with Gasteiger partial charge in [-0.1, -0.05) is 36.4 Å². The number of aromatic nitrogens is 2. The van der Waals surface area contributed by atoms with E-state index in [0.717, 1.165) is 61.1 Å². The van der Waals surface area contributed by atoms with Crippen LogP contribution in [0.15, 0.2) is 67.1 Å². The number of ether oxygens (including phenoxy) is 2. The fourth-order valence-electron chi connectivity index (χ4n) is 4.16. The molecule has 41 heavy (non-hydrogen) atoms. The Labute approximate surface area is 236 Å². The van der Waals surface area contributed by atoms with Crippen LogP contribution >= 0.6 is 0 Å². The van der Waals surface area contributed by atoms with Crippen molar-refractivity contribution in [2.45, 2.75) is 19.1 Å². The molecule has 1 fully saturated rings. The average Bonchev–Trinajstić information content (AvgIpc) is 3.40. The minimum atomic E-state index is -5.08. The molecule has 1 N–H and O–H groups in total. The van der Waals surface area contributed by atoms with Crippen molar-refractivity contribution in [1.29, 1.82) is 0 Å². The van der Waals surface area contributed by atoms with Crippen LogP contribution in [0.2, 0.25) is 0 Å². The molecule has 0 saturated carbocycles. The van der Waals surface area contributed by atoms with Crippen molar-refractivity contribution < 1.29 is 37.3 Å². The van der Waals surface area contributed by atoms with E-state index in [1.165, 1.54) is 0 Å². The number of aryl methyl sites for hydroxylation is 1. The highest BCUT2D eigenvalue weighted by atomic mass is 19.4. The minimum absolute atomic E-state index is 0.0437. The predicted octanol–water partition coefficient (Wildman–Crippen LogP) is 4.37. The van der Waals surface area contributed by atoms with Crippen LogP contribution in [0.4, 0.5) is 13.2 Å². The van der Waals surface area contributed by atoms with Crippen molar-refractivity contribution in [3.63, 3.8) is 0 Å². The number of imidazole rings is 1. The number of alkyl halides is 3. The number of halogens is 3. The summed E-state index contributed by atoms with van der Waals surface area (Å²) in [5.41, 5.74) is 3.85. The van der Waals surface area contributed by atoms with Crippen molar-refractivity contribution in [1.82, 2.24) is 19.4 Å². The van der Waals surface area contributed by atoms with Crippen LogP contribution in [0.5, 0.6) is 5.75 Å². The first-order valence-electron chi connectivity index (χ1n) is 12.8. The van der Waals surface area contributed by atoms with Crippen molar-refractivity contribution in [3.8, 4) is 11.4 Å². The number of aliphatic carboxylic acids is 1. The predicted molar refractivity (Wildman–Crippen MR) is 147 cm³/mol. The number of morpholine rings is 1. The van der Waals surface area contributed by atoms with E-state index in [1.54, 1.807) is 19.5 Å². The third kappa shape index (κ3) is 9.19. The van der Waals surface area contributed by atoms with Crippen molar-refractivity contribution in [3.05, 3.63) is 84.0 Å². The van der Waals surface area contributed by atoms with Gasteiger partial charge in [-0.25, -0.2) is 9.78 Å². The highest BCUT2D eigenvalue weighted by Gasteiger charge is 2.38. The Balaban J connectivity index is 0.000000587. The summed E-state index contributed by atoms with van der Waals surface area (Å²) in [4.78, 5) is 30.5. The summed E-state index contributed by atoms with van der Waals surface area (Å²) in [7, 11) is 3.51. The summed E-state index contributed by atoms with van der Waals surface area (Å²) in [6.45, 7) is 5.94. The zero-order chi connectivity index (χ0) is 30.0. The molecule has 4 rings (SSSR count). The Morgan fingerprint density at radius 3 is 2.39 bits per heavy atom. The lowest BCUT2D eigenvalue weighted by atomic mass is 10.0. The summed E-state index contributed by atoms with van der Waals surface area (Å²) >= 11 is 0. The minimum Gasteiger partial charge on any atom is -0.495 e. The number of carbonyl (C=O) groups excluding carboxylic acids is 1. The van der Waals surface area contributed by atoms with E-state index in [9.17, 15) is 18.0 Å². The molecule has 1 aliphatic rings. The molecule has 1 aromatic heterocycles. The quantitative estimate of drug-likeness (QED) is 0.399. The Kier molecular flexibility index (Phi) is 11.1. The first kappa shape index (κ1) is 31.4. The second kappa shape index (κ2) is 14.5. The van der Waals surface area contributed by atoms with Gasteiger partial charge in [-0.15, -0.1) is 0 Å². The van der Waals surface area contributed by atoms with Crippen LogP contribution < -0.4 is 4.74 Å². The summed E-state index contributed by atoms with van der Waals surface area (Å²) in [6.07, 6.45) is 2.09. The van der Waals surface area contributed by atoms with E-state index in [2.05, 4.69) is 22.0 Å². The first-order valence-corrected chi connectivity index (χ1v) is 12.8.